The SMILES string of the molecule is CC[C@@H](N)c1ccc(N(C)Cc2ccccc2F)cn1. The van der Waals surface area contributed by atoms with Crippen molar-refractivity contribution in [3.63, 3.8) is 0 Å². The number of nitrogens with two attached hydrogens (primary N) is 1. The van der Waals surface area contributed by atoms with Crippen LogP contribution in [0.25, 0.3) is 0 Å². The van der Waals surface area contributed by atoms with Crippen LogP contribution < -0.4 is 10.6 Å². The minimum absolute atomic E-state index is 0.0269. The van der Waals surface area contributed by atoms with Crippen molar-refractivity contribution in [1.82, 2.24) is 4.98 Å². The molecule has 0 saturated carbocycles. The largest absolute Gasteiger partial charge is 0.369 e. The van der Waals surface area contributed by atoms with E-state index in [-0.39, 0.29) is 11.9 Å². The van der Waals surface area contributed by atoms with Gasteiger partial charge in [-0.1, -0.05) is 25.1 Å². The number of halogens is 1. The number of nitrogens with zero attached hydrogens (tertiary/aromatic N) is 2. The van der Waals surface area contributed by atoms with E-state index in [4.69, 9.17) is 5.73 Å². The Hall–Kier alpha value is -1.94. The van der Waals surface area contributed by atoms with Crippen molar-refractivity contribution in [2.45, 2.75) is 25.9 Å². The van der Waals surface area contributed by atoms with E-state index in [1.165, 1.54) is 6.07 Å². The maximum absolute atomic E-state index is 13.6. The summed E-state index contributed by atoms with van der Waals surface area (Å²) in [5.41, 5.74) is 8.44. The quantitative estimate of drug-likeness (QED) is 0.909. The van der Waals surface area contributed by atoms with Crippen molar-refractivity contribution in [3.8, 4) is 0 Å². The Balaban J connectivity index is 2.10. The summed E-state index contributed by atoms with van der Waals surface area (Å²) in [6.07, 6.45) is 2.64. The number of rotatable bonds is 5. The summed E-state index contributed by atoms with van der Waals surface area (Å²) < 4.78 is 13.6. The molecule has 1 atom stereocenters. The lowest BCUT2D eigenvalue weighted by atomic mass is 10.1. The van der Waals surface area contributed by atoms with Crippen molar-refractivity contribution in [2.75, 3.05) is 11.9 Å². The minimum atomic E-state index is -0.183. The summed E-state index contributed by atoms with van der Waals surface area (Å²) in [6.45, 7) is 2.54. The van der Waals surface area contributed by atoms with Crippen molar-refractivity contribution >= 4 is 5.69 Å². The second-order valence-corrected chi connectivity index (χ2v) is 4.90. The van der Waals surface area contributed by atoms with Gasteiger partial charge >= 0.3 is 0 Å². The van der Waals surface area contributed by atoms with Crippen LogP contribution in [0.15, 0.2) is 42.6 Å². The van der Waals surface area contributed by atoms with Gasteiger partial charge in [-0.25, -0.2) is 4.39 Å². The average Bonchev–Trinajstić information content (AvgIpc) is 2.49. The predicted molar refractivity (Wildman–Crippen MR) is 80.0 cm³/mol. The van der Waals surface area contributed by atoms with Gasteiger partial charge in [0, 0.05) is 25.2 Å². The number of anilines is 1. The topological polar surface area (TPSA) is 42.1 Å². The van der Waals surface area contributed by atoms with E-state index in [0.29, 0.717) is 12.1 Å². The zero-order valence-corrected chi connectivity index (χ0v) is 11.9. The molecule has 0 saturated heterocycles. The summed E-state index contributed by atoms with van der Waals surface area (Å²) in [7, 11) is 1.92. The van der Waals surface area contributed by atoms with Gasteiger partial charge in [0.15, 0.2) is 0 Å². The Morgan fingerprint density at radius 1 is 1.25 bits per heavy atom. The highest BCUT2D eigenvalue weighted by Gasteiger charge is 2.08. The van der Waals surface area contributed by atoms with E-state index in [1.807, 2.05) is 37.1 Å². The summed E-state index contributed by atoms with van der Waals surface area (Å²) >= 11 is 0. The second-order valence-electron chi connectivity index (χ2n) is 4.90. The molecule has 4 heteroatoms. The summed E-state index contributed by atoms with van der Waals surface area (Å²) in [5.74, 6) is -0.183. The van der Waals surface area contributed by atoms with Gasteiger partial charge in [-0.3, -0.25) is 4.98 Å². The molecule has 0 amide bonds. The third-order valence-corrected chi connectivity index (χ3v) is 3.40. The van der Waals surface area contributed by atoms with Crippen LogP contribution in [0.2, 0.25) is 0 Å². The molecular weight excluding hydrogens is 253 g/mol. The van der Waals surface area contributed by atoms with Crippen molar-refractivity contribution in [1.29, 1.82) is 0 Å². The average molecular weight is 273 g/mol. The van der Waals surface area contributed by atoms with Crippen molar-refractivity contribution in [3.05, 3.63) is 59.7 Å². The molecule has 0 aliphatic carbocycles. The molecular formula is C16H20FN3. The van der Waals surface area contributed by atoms with Crippen molar-refractivity contribution in [2.24, 2.45) is 5.73 Å². The fourth-order valence-electron chi connectivity index (χ4n) is 2.03. The molecule has 0 aliphatic heterocycles. The van der Waals surface area contributed by atoms with Crippen LogP contribution >= 0.6 is 0 Å². The monoisotopic (exact) mass is 273 g/mol. The van der Waals surface area contributed by atoms with Crippen LogP contribution in [0, 0.1) is 5.82 Å². The molecule has 0 unspecified atom stereocenters. The third-order valence-electron chi connectivity index (χ3n) is 3.40. The zero-order valence-electron chi connectivity index (χ0n) is 11.9. The molecule has 20 heavy (non-hydrogen) atoms. The first-order valence-corrected chi connectivity index (χ1v) is 6.78. The molecule has 0 bridgehead atoms. The Bertz CT molecular complexity index is 554. The molecule has 1 aromatic heterocycles. The van der Waals surface area contributed by atoms with E-state index < -0.39 is 0 Å². The number of hydrogen-bond acceptors (Lipinski definition) is 3. The molecule has 1 aromatic carbocycles. The molecule has 0 aliphatic rings. The Kier molecular flexibility index (Phi) is 4.69. The van der Waals surface area contributed by atoms with Gasteiger partial charge in [0.05, 0.1) is 17.6 Å². The third kappa shape index (κ3) is 3.33. The van der Waals surface area contributed by atoms with Gasteiger partial charge in [0.2, 0.25) is 0 Å². The Morgan fingerprint density at radius 2 is 2.00 bits per heavy atom. The molecule has 0 radical (unpaired) electrons. The summed E-state index contributed by atoms with van der Waals surface area (Å²) in [6, 6.07) is 10.7. The van der Waals surface area contributed by atoms with Crippen molar-refractivity contribution < 1.29 is 4.39 Å². The smallest absolute Gasteiger partial charge is 0.128 e. The van der Waals surface area contributed by atoms with Gasteiger partial charge < -0.3 is 10.6 Å². The maximum Gasteiger partial charge on any atom is 0.128 e. The molecule has 0 spiro atoms. The fraction of sp³-hybridized carbons (Fsp3) is 0.312. The highest BCUT2D eigenvalue weighted by molar-refractivity contribution is 5.44. The van der Waals surface area contributed by atoms with Crippen LogP contribution in [0.4, 0.5) is 10.1 Å². The molecule has 106 valence electrons. The molecule has 2 aromatic rings. The van der Waals surface area contributed by atoms with E-state index in [2.05, 4.69) is 4.98 Å². The highest BCUT2D eigenvalue weighted by atomic mass is 19.1. The van der Waals surface area contributed by atoms with Gasteiger partial charge in [-0.2, -0.15) is 0 Å². The normalized spacial score (nSPS) is 12.2. The van der Waals surface area contributed by atoms with Gasteiger partial charge in [-0.15, -0.1) is 0 Å². The van der Waals surface area contributed by atoms with Gasteiger partial charge in [-0.05, 0) is 24.6 Å². The minimum Gasteiger partial charge on any atom is -0.369 e. The van der Waals surface area contributed by atoms with Crippen LogP contribution in [0.5, 0.6) is 0 Å². The first kappa shape index (κ1) is 14.5. The standard InChI is InChI=1S/C16H20FN3/c1-3-15(18)16-9-8-13(10-19-16)20(2)11-12-6-4-5-7-14(12)17/h4-10,15H,3,11,18H2,1-2H3/t15-/m1/s1. The number of aromatic nitrogens is 1. The summed E-state index contributed by atoms with van der Waals surface area (Å²) in [4.78, 5) is 6.34. The van der Waals surface area contributed by atoms with Gasteiger partial charge in [0.1, 0.15) is 5.82 Å². The predicted octanol–water partition coefficient (Wildman–Crippen LogP) is 3.27. The Labute approximate surface area is 119 Å². The van der Waals surface area contributed by atoms with E-state index in [0.717, 1.165) is 17.8 Å². The number of pyridine rings is 1. The van der Waals surface area contributed by atoms with Crippen LogP contribution in [0.3, 0.4) is 0 Å². The first-order chi connectivity index (χ1) is 9.61. The second kappa shape index (κ2) is 6.48. The molecule has 0 fully saturated rings. The van der Waals surface area contributed by atoms with E-state index >= 15 is 0 Å². The zero-order chi connectivity index (χ0) is 14.5. The number of hydrogen-bond donors (Lipinski definition) is 1. The van der Waals surface area contributed by atoms with Crippen LogP contribution in [-0.2, 0) is 6.54 Å². The van der Waals surface area contributed by atoms with E-state index in [9.17, 15) is 4.39 Å². The lowest BCUT2D eigenvalue weighted by Crippen LogP contribution is -2.18. The maximum atomic E-state index is 13.6. The molecule has 3 nitrogen and oxygen atoms in total. The molecule has 1 heterocycles. The van der Waals surface area contributed by atoms with E-state index in [1.54, 1.807) is 18.3 Å². The lowest BCUT2D eigenvalue weighted by molar-refractivity contribution is 0.608. The number of benzene rings is 1. The first-order valence-electron chi connectivity index (χ1n) is 6.78. The van der Waals surface area contributed by atoms with Gasteiger partial charge in [0.25, 0.3) is 0 Å². The highest BCUT2D eigenvalue weighted by Crippen LogP contribution is 2.18. The lowest BCUT2D eigenvalue weighted by Gasteiger charge is -2.20. The van der Waals surface area contributed by atoms with Crippen LogP contribution in [0.1, 0.15) is 30.6 Å². The fourth-order valence-corrected chi connectivity index (χ4v) is 2.03. The van der Waals surface area contributed by atoms with Crippen LogP contribution in [-0.4, -0.2) is 12.0 Å². The molecule has 2 N–H and O–H groups in total. The summed E-state index contributed by atoms with van der Waals surface area (Å²) in [5, 5.41) is 0. The molecule has 2 rings (SSSR count). The Morgan fingerprint density at radius 3 is 2.60 bits per heavy atom.